The molecule has 1 aromatic heterocycles. The molecule has 0 radical (unpaired) electrons. The number of aromatic nitrogens is 1. The number of hydrogen-bond donors (Lipinski definition) is 2. The summed E-state index contributed by atoms with van der Waals surface area (Å²) < 4.78 is 0. The first kappa shape index (κ1) is 8.33. The second kappa shape index (κ2) is 2.37. The Morgan fingerprint density at radius 1 is 1.27 bits per heavy atom. The molecule has 0 saturated heterocycles. The molecule has 0 aromatic carbocycles. The zero-order valence-electron chi connectivity index (χ0n) is 7.01. The first-order valence-electron chi connectivity index (χ1n) is 3.43. The summed E-state index contributed by atoms with van der Waals surface area (Å²) in [6, 6.07) is 0. The number of hydrogen-bond acceptors (Lipinski definition) is 4. The van der Waals surface area contributed by atoms with E-state index in [0.29, 0.717) is 10.9 Å². The van der Waals surface area contributed by atoms with Crippen molar-refractivity contribution < 1.29 is 0 Å². The Hall–Kier alpha value is -0.770. The summed E-state index contributed by atoms with van der Waals surface area (Å²) in [5.41, 5.74) is 11.2. The monoisotopic (exact) mass is 171 g/mol. The van der Waals surface area contributed by atoms with E-state index in [1.54, 1.807) is 0 Å². The summed E-state index contributed by atoms with van der Waals surface area (Å²) in [6.07, 6.45) is 0. The van der Waals surface area contributed by atoms with Crippen molar-refractivity contribution in [2.45, 2.75) is 26.2 Å². The number of rotatable bonds is 0. The first-order chi connectivity index (χ1) is 4.91. The summed E-state index contributed by atoms with van der Waals surface area (Å²) in [6.45, 7) is 6.28. The molecular formula is C7H13N3S. The van der Waals surface area contributed by atoms with E-state index in [2.05, 4.69) is 25.8 Å². The van der Waals surface area contributed by atoms with Gasteiger partial charge in [0.2, 0.25) is 0 Å². The molecule has 1 heterocycles. The van der Waals surface area contributed by atoms with E-state index >= 15 is 0 Å². The van der Waals surface area contributed by atoms with Crippen LogP contribution >= 0.6 is 11.3 Å². The SMILES string of the molecule is CC(C)(C)c1sc(N)nc1N. The smallest absolute Gasteiger partial charge is 0.182 e. The van der Waals surface area contributed by atoms with Crippen LogP contribution in [0.4, 0.5) is 10.9 Å². The molecule has 0 aliphatic heterocycles. The van der Waals surface area contributed by atoms with Crippen LogP contribution in [-0.4, -0.2) is 4.98 Å². The predicted molar refractivity (Wildman–Crippen MR) is 49.6 cm³/mol. The van der Waals surface area contributed by atoms with Gasteiger partial charge >= 0.3 is 0 Å². The van der Waals surface area contributed by atoms with Gasteiger partial charge < -0.3 is 11.5 Å². The number of thiazole rings is 1. The Morgan fingerprint density at radius 2 is 1.82 bits per heavy atom. The van der Waals surface area contributed by atoms with E-state index in [1.807, 2.05) is 0 Å². The molecule has 0 unspecified atom stereocenters. The maximum atomic E-state index is 5.65. The number of nitrogens with two attached hydrogens (primary N) is 2. The molecule has 62 valence electrons. The quantitative estimate of drug-likeness (QED) is 0.623. The Morgan fingerprint density at radius 3 is 2.00 bits per heavy atom. The van der Waals surface area contributed by atoms with Crippen molar-refractivity contribution in [2.24, 2.45) is 0 Å². The van der Waals surface area contributed by atoms with Gasteiger partial charge in [-0.15, -0.1) is 0 Å². The Kier molecular flexibility index (Phi) is 1.80. The van der Waals surface area contributed by atoms with Crippen molar-refractivity contribution in [3.63, 3.8) is 0 Å². The molecule has 3 nitrogen and oxygen atoms in total. The maximum absolute atomic E-state index is 5.65. The second-order valence-corrected chi connectivity index (χ2v) is 4.55. The average molecular weight is 171 g/mol. The van der Waals surface area contributed by atoms with Crippen molar-refractivity contribution in [2.75, 3.05) is 11.5 Å². The zero-order chi connectivity index (χ0) is 8.65. The fourth-order valence-corrected chi connectivity index (χ4v) is 1.70. The van der Waals surface area contributed by atoms with Crippen LogP contribution in [0, 0.1) is 0 Å². The van der Waals surface area contributed by atoms with Gasteiger partial charge in [0.25, 0.3) is 0 Å². The van der Waals surface area contributed by atoms with E-state index < -0.39 is 0 Å². The molecule has 0 saturated carbocycles. The fourth-order valence-electron chi connectivity index (χ4n) is 0.886. The lowest BCUT2D eigenvalue weighted by Crippen LogP contribution is -2.11. The standard InChI is InChI=1S/C7H13N3S/c1-7(2,3)4-5(8)10-6(9)11-4/h8H2,1-3H3,(H2,9,10). The number of nitrogen functional groups attached to an aromatic ring is 2. The largest absolute Gasteiger partial charge is 0.383 e. The molecule has 0 atom stereocenters. The number of nitrogens with zero attached hydrogens (tertiary/aromatic N) is 1. The molecule has 1 aromatic rings. The molecule has 1 rings (SSSR count). The topological polar surface area (TPSA) is 64.9 Å². The fraction of sp³-hybridized carbons (Fsp3) is 0.571. The molecule has 0 spiro atoms. The normalized spacial score (nSPS) is 11.9. The third kappa shape index (κ3) is 1.63. The average Bonchev–Trinajstić information content (AvgIpc) is 2.08. The van der Waals surface area contributed by atoms with Crippen LogP contribution in [-0.2, 0) is 5.41 Å². The van der Waals surface area contributed by atoms with E-state index in [-0.39, 0.29) is 5.41 Å². The summed E-state index contributed by atoms with van der Waals surface area (Å²) >= 11 is 1.46. The van der Waals surface area contributed by atoms with Gasteiger partial charge in [0.15, 0.2) is 5.13 Å². The Bertz CT molecular complexity index is 259. The molecule has 0 bridgehead atoms. The van der Waals surface area contributed by atoms with Crippen LogP contribution < -0.4 is 11.5 Å². The highest BCUT2D eigenvalue weighted by atomic mass is 32.1. The van der Waals surface area contributed by atoms with Gasteiger partial charge in [-0.25, -0.2) is 4.98 Å². The van der Waals surface area contributed by atoms with Gasteiger partial charge in [0.1, 0.15) is 5.82 Å². The van der Waals surface area contributed by atoms with Crippen molar-refractivity contribution >= 4 is 22.3 Å². The molecular weight excluding hydrogens is 158 g/mol. The highest BCUT2D eigenvalue weighted by molar-refractivity contribution is 7.16. The molecule has 0 amide bonds. The van der Waals surface area contributed by atoms with Crippen molar-refractivity contribution in [1.29, 1.82) is 0 Å². The Balaban J connectivity index is 3.13. The third-order valence-electron chi connectivity index (χ3n) is 1.35. The lowest BCUT2D eigenvalue weighted by molar-refractivity contribution is 0.605. The highest BCUT2D eigenvalue weighted by Gasteiger charge is 2.20. The van der Waals surface area contributed by atoms with Crippen molar-refractivity contribution in [3.05, 3.63) is 4.88 Å². The van der Waals surface area contributed by atoms with Gasteiger partial charge in [-0.2, -0.15) is 0 Å². The van der Waals surface area contributed by atoms with E-state index in [9.17, 15) is 0 Å². The summed E-state index contributed by atoms with van der Waals surface area (Å²) in [5, 5.41) is 0.549. The second-order valence-electron chi connectivity index (χ2n) is 3.52. The lowest BCUT2D eigenvalue weighted by Gasteiger charge is -2.15. The van der Waals surface area contributed by atoms with Gasteiger partial charge in [0.05, 0.1) is 4.88 Å². The lowest BCUT2D eigenvalue weighted by atomic mass is 9.95. The third-order valence-corrected chi connectivity index (χ3v) is 2.68. The Labute approximate surface area is 70.4 Å². The van der Waals surface area contributed by atoms with Gasteiger partial charge in [-0.3, -0.25) is 0 Å². The summed E-state index contributed by atoms with van der Waals surface area (Å²) in [7, 11) is 0. The van der Waals surface area contributed by atoms with Gasteiger partial charge in [0, 0.05) is 5.41 Å². The molecule has 0 aliphatic rings. The van der Waals surface area contributed by atoms with E-state index in [0.717, 1.165) is 4.88 Å². The van der Waals surface area contributed by atoms with Crippen LogP contribution in [0.3, 0.4) is 0 Å². The minimum absolute atomic E-state index is 0.0549. The van der Waals surface area contributed by atoms with Crippen LogP contribution in [0.25, 0.3) is 0 Å². The molecule has 0 aliphatic carbocycles. The predicted octanol–water partition coefficient (Wildman–Crippen LogP) is 1.60. The maximum Gasteiger partial charge on any atom is 0.182 e. The minimum atomic E-state index is 0.0549. The summed E-state index contributed by atoms with van der Waals surface area (Å²) in [5.74, 6) is 0.569. The molecule has 0 fully saturated rings. The van der Waals surface area contributed by atoms with Crippen LogP contribution in [0.15, 0.2) is 0 Å². The van der Waals surface area contributed by atoms with Crippen LogP contribution in [0.2, 0.25) is 0 Å². The first-order valence-corrected chi connectivity index (χ1v) is 4.25. The summed E-state index contributed by atoms with van der Waals surface area (Å²) in [4.78, 5) is 5.02. The zero-order valence-corrected chi connectivity index (χ0v) is 7.83. The van der Waals surface area contributed by atoms with E-state index in [1.165, 1.54) is 11.3 Å². The molecule has 4 heteroatoms. The van der Waals surface area contributed by atoms with E-state index in [4.69, 9.17) is 11.5 Å². The minimum Gasteiger partial charge on any atom is -0.383 e. The van der Waals surface area contributed by atoms with Crippen LogP contribution in [0.5, 0.6) is 0 Å². The molecule has 4 N–H and O–H groups in total. The van der Waals surface area contributed by atoms with Gasteiger partial charge in [-0.05, 0) is 0 Å². The van der Waals surface area contributed by atoms with Crippen molar-refractivity contribution in [1.82, 2.24) is 4.98 Å². The molecule has 11 heavy (non-hydrogen) atoms. The van der Waals surface area contributed by atoms with Crippen LogP contribution in [0.1, 0.15) is 25.6 Å². The number of anilines is 2. The highest BCUT2D eigenvalue weighted by Crippen LogP contribution is 2.33. The van der Waals surface area contributed by atoms with Crippen molar-refractivity contribution in [3.8, 4) is 0 Å². The van der Waals surface area contributed by atoms with Gasteiger partial charge in [-0.1, -0.05) is 32.1 Å².